The van der Waals surface area contributed by atoms with Crippen molar-refractivity contribution in [1.29, 1.82) is 0 Å². The van der Waals surface area contributed by atoms with Gasteiger partial charge in [0.15, 0.2) is 17.3 Å². The molecule has 0 bridgehead atoms. The summed E-state index contributed by atoms with van der Waals surface area (Å²) in [4.78, 5) is 19.2. The van der Waals surface area contributed by atoms with Crippen LogP contribution in [0.4, 0.5) is 10.2 Å². The minimum absolute atomic E-state index is 0.0756. The molecule has 0 unspecified atom stereocenters. The van der Waals surface area contributed by atoms with Crippen molar-refractivity contribution >= 4 is 40.4 Å². The molecular formula is C18H12ClFN8O. The predicted molar refractivity (Wildman–Crippen MR) is 105 cm³/mol. The summed E-state index contributed by atoms with van der Waals surface area (Å²) in [5.41, 5.74) is 2.69. The molecule has 1 aromatic carbocycles. The molecule has 5 aromatic rings. The largest absolute Gasteiger partial charge is 0.312 e. The monoisotopic (exact) mass is 410 g/mol. The fourth-order valence-electron chi connectivity index (χ4n) is 3.38. The Morgan fingerprint density at radius 3 is 2.90 bits per heavy atom. The van der Waals surface area contributed by atoms with Crippen LogP contribution in [0.5, 0.6) is 0 Å². The molecular weight excluding hydrogens is 399 g/mol. The van der Waals surface area contributed by atoms with Crippen molar-refractivity contribution in [2.45, 2.75) is 0 Å². The molecule has 11 heteroatoms. The first-order valence-electron chi connectivity index (χ1n) is 8.46. The van der Waals surface area contributed by atoms with Gasteiger partial charge in [0.05, 0.1) is 46.1 Å². The lowest BCUT2D eigenvalue weighted by Gasteiger charge is -2.12. The van der Waals surface area contributed by atoms with Crippen molar-refractivity contribution in [2.24, 2.45) is 7.05 Å². The highest BCUT2D eigenvalue weighted by Gasteiger charge is 2.24. The molecule has 0 aliphatic carbocycles. The van der Waals surface area contributed by atoms with Gasteiger partial charge in [-0.15, -0.1) is 0 Å². The number of halogens is 2. The number of fused-ring (bicyclic) bond motifs is 2. The molecule has 0 aliphatic heterocycles. The number of benzene rings is 1. The van der Waals surface area contributed by atoms with Gasteiger partial charge in [-0.1, -0.05) is 11.6 Å². The second-order valence-electron chi connectivity index (χ2n) is 6.30. The molecule has 0 fully saturated rings. The quantitative estimate of drug-likeness (QED) is 0.443. The van der Waals surface area contributed by atoms with E-state index in [4.69, 9.17) is 11.6 Å². The Hall–Kier alpha value is -3.79. The Morgan fingerprint density at radius 1 is 1.28 bits per heavy atom. The number of aromatic nitrogens is 7. The van der Waals surface area contributed by atoms with Gasteiger partial charge in [0, 0.05) is 30.4 Å². The predicted octanol–water partition coefficient (Wildman–Crippen LogP) is 3.03. The number of H-pyrrole nitrogens is 1. The summed E-state index contributed by atoms with van der Waals surface area (Å²) in [6.07, 6.45) is 8.49. The molecule has 0 saturated carbocycles. The van der Waals surface area contributed by atoms with E-state index in [-0.39, 0.29) is 10.6 Å². The van der Waals surface area contributed by atoms with Crippen molar-refractivity contribution in [3.63, 3.8) is 0 Å². The maximum Gasteiger partial charge on any atom is 0.212 e. The van der Waals surface area contributed by atoms with Crippen LogP contribution in [0.15, 0.2) is 37.1 Å². The highest BCUT2D eigenvalue weighted by atomic mass is 35.5. The Morgan fingerprint density at radius 2 is 2.14 bits per heavy atom. The fourth-order valence-corrected chi connectivity index (χ4v) is 3.68. The minimum Gasteiger partial charge on any atom is -0.312 e. The van der Waals surface area contributed by atoms with Crippen LogP contribution in [-0.4, -0.2) is 40.8 Å². The lowest BCUT2D eigenvalue weighted by Crippen LogP contribution is -1.99. The number of aryl methyl sites for hydroxylation is 1. The number of hydrogen-bond acceptors (Lipinski definition) is 5. The lowest BCUT2D eigenvalue weighted by atomic mass is 10.0. The summed E-state index contributed by atoms with van der Waals surface area (Å²) < 4.78 is 18.6. The summed E-state index contributed by atoms with van der Waals surface area (Å²) >= 11 is 6.47. The second-order valence-corrected chi connectivity index (χ2v) is 6.68. The summed E-state index contributed by atoms with van der Waals surface area (Å²) in [5, 5.41) is 14.1. The fraction of sp³-hybridized carbons (Fsp3) is 0.0556. The number of imidazole rings is 1. The SMILES string of the molecule is Cn1nccc1-c1c(F)c(Cl)c(-c2cn3cc(NC=O)nc3cn2)c2cn[nH]c12. The molecule has 0 spiro atoms. The van der Waals surface area contributed by atoms with Crippen molar-refractivity contribution in [1.82, 2.24) is 34.3 Å². The Balaban J connectivity index is 1.77. The Kier molecular flexibility index (Phi) is 3.81. The van der Waals surface area contributed by atoms with E-state index in [0.717, 1.165) is 0 Å². The van der Waals surface area contributed by atoms with Crippen molar-refractivity contribution < 1.29 is 9.18 Å². The van der Waals surface area contributed by atoms with Crippen LogP contribution in [0, 0.1) is 5.82 Å². The topological polar surface area (TPSA) is 106 Å². The van der Waals surface area contributed by atoms with Gasteiger partial charge >= 0.3 is 0 Å². The molecule has 144 valence electrons. The van der Waals surface area contributed by atoms with Crippen molar-refractivity contribution in [3.05, 3.63) is 47.9 Å². The molecule has 0 aliphatic rings. The van der Waals surface area contributed by atoms with Crippen molar-refractivity contribution in [2.75, 3.05) is 5.32 Å². The first kappa shape index (κ1) is 17.3. The molecule has 1 amide bonds. The van der Waals surface area contributed by atoms with E-state index >= 15 is 4.39 Å². The van der Waals surface area contributed by atoms with Gasteiger partial charge in [-0.05, 0) is 6.07 Å². The number of carbonyl (C=O) groups excluding carboxylic acids is 1. The van der Waals surface area contributed by atoms with E-state index in [2.05, 4.69) is 30.6 Å². The molecule has 0 saturated heterocycles. The van der Waals surface area contributed by atoms with Gasteiger partial charge < -0.3 is 9.72 Å². The van der Waals surface area contributed by atoms with E-state index in [1.165, 1.54) is 6.20 Å². The molecule has 2 N–H and O–H groups in total. The molecule has 9 nitrogen and oxygen atoms in total. The van der Waals surface area contributed by atoms with Gasteiger partial charge in [-0.2, -0.15) is 10.2 Å². The van der Waals surface area contributed by atoms with E-state index in [0.29, 0.717) is 45.7 Å². The van der Waals surface area contributed by atoms with Gasteiger partial charge in [0.2, 0.25) is 6.41 Å². The first-order valence-corrected chi connectivity index (χ1v) is 8.84. The van der Waals surface area contributed by atoms with Crippen molar-refractivity contribution in [3.8, 4) is 22.5 Å². The zero-order valence-corrected chi connectivity index (χ0v) is 15.6. The number of amides is 1. The van der Waals surface area contributed by atoms with E-state index in [9.17, 15) is 4.79 Å². The average Bonchev–Trinajstić information content (AvgIpc) is 3.43. The number of aromatic amines is 1. The average molecular weight is 411 g/mol. The third-order valence-electron chi connectivity index (χ3n) is 4.67. The highest BCUT2D eigenvalue weighted by Crippen LogP contribution is 2.42. The normalized spacial score (nSPS) is 11.4. The number of nitrogens with zero attached hydrogens (tertiary/aromatic N) is 6. The zero-order valence-electron chi connectivity index (χ0n) is 14.9. The minimum atomic E-state index is -0.599. The van der Waals surface area contributed by atoms with Gasteiger partial charge in [-0.3, -0.25) is 19.6 Å². The summed E-state index contributed by atoms with van der Waals surface area (Å²) in [6.45, 7) is 0. The molecule has 4 heterocycles. The number of hydrogen-bond donors (Lipinski definition) is 2. The molecule has 4 aromatic heterocycles. The maximum absolute atomic E-state index is 15.4. The van der Waals surface area contributed by atoms with Crippen LogP contribution in [0.1, 0.15) is 0 Å². The van der Waals surface area contributed by atoms with Crippen LogP contribution < -0.4 is 5.32 Å². The van der Waals surface area contributed by atoms with E-state index in [1.807, 2.05) is 0 Å². The number of anilines is 1. The standard InChI is InChI=1S/C18H12ClFN8O/c1-27-11(2-3-24-27)15-17(20)16(19)14(9-4-23-26-18(9)15)10-6-28-7-12(22-8-29)25-13(28)5-21-10/h2-8H,1H3,(H,22,29)(H,23,26). The summed E-state index contributed by atoms with van der Waals surface area (Å²) in [6, 6.07) is 1.70. The van der Waals surface area contributed by atoms with Gasteiger partial charge in [0.1, 0.15) is 0 Å². The van der Waals surface area contributed by atoms with Crippen LogP contribution in [-0.2, 0) is 11.8 Å². The van der Waals surface area contributed by atoms with Crippen LogP contribution >= 0.6 is 11.6 Å². The molecule has 0 atom stereocenters. The Bertz CT molecular complexity index is 1400. The second kappa shape index (κ2) is 6.38. The molecule has 5 rings (SSSR count). The Labute approximate surface area is 167 Å². The third-order valence-corrected chi connectivity index (χ3v) is 5.03. The summed E-state index contributed by atoms with van der Waals surface area (Å²) in [5.74, 6) is -0.228. The molecule has 29 heavy (non-hydrogen) atoms. The summed E-state index contributed by atoms with van der Waals surface area (Å²) in [7, 11) is 1.72. The number of nitrogens with one attached hydrogen (secondary N) is 2. The zero-order chi connectivity index (χ0) is 20.1. The van der Waals surface area contributed by atoms with Crippen LogP contribution in [0.3, 0.4) is 0 Å². The third kappa shape index (κ3) is 2.57. The van der Waals surface area contributed by atoms with Gasteiger partial charge in [0.25, 0.3) is 0 Å². The number of rotatable bonds is 4. The first-order chi connectivity index (χ1) is 14.1. The van der Waals surface area contributed by atoms with Crippen LogP contribution in [0.2, 0.25) is 5.02 Å². The van der Waals surface area contributed by atoms with E-state index < -0.39 is 5.82 Å². The lowest BCUT2D eigenvalue weighted by molar-refractivity contribution is -0.105. The maximum atomic E-state index is 15.4. The van der Waals surface area contributed by atoms with E-state index in [1.54, 1.807) is 47.0 Å². The van der Waals surface area contributed by atoms with Gasteiger partial charge in [-0.25, -0.2) is 9.37 Å². The highest BCUT2D eigenvalue weighted by molar-refractivity contribution is 6.35. The van der Waals surface area contributed by atoms with Crippen LogP contribution in [0.25, 0.3) is 39.1 Å². The number of carbonyl (C=O) groups is 1. The molecule has 0 radical (unpaired) electrons. The smallest absolute Gasteiger partial charge is 0.212 e.